The minimum Gasteiger partial charge on any atom is -0.351 e. The molecule has 3 aromatic rings. The van der Waals surface area contributed by atoms with Crippen LogP contribution in [0.1, 0.15) is 24.4 Å². The topological polar surface area (TPSA) is 80.1 Å². The van der Waals surface area contributed by atoms with Gasteiger partial charge in [-0.25, -0.2) is 22.8 Å². The Morgan fingerprint density at radius 2 is 1.97 bits per heavy atom. The molecule has 0 saturated heterocycles. The first-order valence-electron chi connectivity index (χ1n) is 10.1. The van der Waals surface area contributed by atoms with Crippen LogP contribution in [0.4, 0.5) is 18.9 Å². The predicted molar refractivity (Wildman–Crippen MR) is 114 cm³/mol. The van der Waals surface area contributed by atoms with Crippen LogP contribution in [0.25, 0.3) is 0 Å². The molecule has 11 heteroatoms. The van der Waals surface area contributed by atoms with Crippen LogP contribution in [-0.4, -0.2) is 38.5 Å². The molecule has 1 atom stereocenters. The van der Waals surface area contributed by atoms with Crippen molar-refractivity contribution in [3.8, 4) is 0 Å². The van der Waals surface area contributed by atoms with Gasteiger partial charge in [0.1, 0.15) is 31.1 Å². The summed E-state index contributed by atoms with van der Waals surface area (Å²) in [6.07, 6.45) is 1.57. The fraction of sp³-hybridized carbons (Fsp3) is 0.273. The second kappa shape index (κ2) is 9.22. The van der Waals surface area contributed by atoms with Gasteiger partial charge in [-0.1, -0.05) is 35.9 Å². The van der Waals surface area contributed by atoms with Crippen LogP contribution in [0, 0.1) is 5.82 Å². The lowest BCUT2D eigenvalue weighted by atomic mass is 9.87. The molecule has 7 nitrogen and oxygen atoms in total. The third kappa shape index (κ3) is 5.16. The van der Waals surface area contributed by atoms with E-state index in [9.17, 15) is 22.8 Å². The Balaban J connectivity index is 1.75. The summed E-state index contributed by atoms with van der Waals surface area (Å²) in [5, 5.41) is 6.67. The first-order valence-corrected chi connectivity index (χ1v) is 10.4. The lowest BCUT2D eigenvalue weighted by molar-refractivity contribution is -0.133. The monoisotopic (exact) mass is 477 g/mol. The highest BCUT2D eigenvalue weighted by Crippen LogP contribution is 2.39. The Kier molecular flexibility index (Phi) is 6.37. The van der Waals surface area contributed by atoms with Gasteiger partial charge in [-0.05, 0) is 24.3 Å². The summed E-state index contributed by atoms with van der Waals surface area (Å²) in [7, 11) is 0. The Bertz CT molecular complexity index is 1150. The van der Waals surface area contributed by atoms with Crippen molar-refractivity contribution in [2.75, 3.05) is 4.90 Å². The number of hydrogen-bond acceptors (Lipinski definition) is 4. The number of nitrogens with one attached hydrogen (secondary N) is 1. The van der Waals surface area contributed by atoms with Gasteiger partial charge in [0.25, 0.3) is 5.92 Å². The van der Waals surface area contributed by atoms with Crippen LogP contribution in [-0.2, 0) is 16.1 Å². The van der Waals surface area contributed by atoms with Crippen molar-refractivity contribution in [1.82, 2.24) is 20.1 Å². The van der Waals surface area contributed by atoms with E-state index in [1.165, 1.54) is 35.5 Å². The molecule has 1 fully saturated rings. The Morgan fingerprint density at radius 3 is 2.61 bits per heavy atom. The van der Waals surface area contributed by atoms with Crippen molar-refractivity contribution in [2.45, 2.75) is 37.4 Å². The average Bonchev–Trinajstić information content (AvgIpc) is 3.24. The molecule has 0 aliphatic heterocycles. The highest BCUT2D eigenvalue weighted by molar-refractivity contribution is 6.31. The standard InChI is InChI=1S/C22H19ClF3N5O2/c23-18-7-2-1-6-17(18)20(21(33)29-15-9-22(25,26)10-15)31(16-5-3-4-14(24)8-16)19(32)11-30-13-27-12-28-30/h1-8,12-13,15,20H,9-11H2,(H,29,33). The van der Waals surface area contributed by atoms with Crippen LogP contribution < -0.4 is 10.2 Å². The summed E-state index contributed by atoms with van der Waals surface area (Å²) < 4.78 is 42.0. The van der Waals surface area contributed by atoms with E-state index in [4.69, 9.17) is 11.6 Å². The van der Waals surface area contributed by atoms with E-state index in [0.717, 1.165) is 11.0 Å². The number of benzene rings is 2. The van der Waals surface area contributed by atoms with E-state index in [1.54, 1.807) is 24.3 Å². The molecule has 2 amide bonds. The van der Waals surface area contributed by atoms with Gasteiger partial charge in [0, 0.05) is 35.2 Å². The van der Waals surface area contributed by atoms with Gasteiger partial charge in [0.15, 0.2) is 0 Å². The Morgan fingerprint density at radius 1 is 1.21 bits per heavy atom. The summed E-state index contributed by atoms with van der Waals surface area (Å²) in [6, 6.07) is 9.45. The third-order valence-corrected chi connectivity index (χ3v) is 5.61. The molecule has 2 aromatic carbocycles. The fourth-order valence-electron chi connectivity index (χ4n) is 3.73. The first-order chi connectivity index (χ1) is 15.7. The van der Waals surface area contributed by atoms with Crippen LogP contribution in [0.15, 0.2) is 61.2 Å². The van der Waals surface area contributed by atoms with Crippen molar-refractivity contribution < 1.29 is 22.8 Å². The number of halogens is 4. The van der Waals surface area contributed by atoms with Crippen molar-refractivity contribution in [3.05, 3.63) is 77.6 Å². The largest absolute Gasteiger partial charge is 0.351 e. The second-order valence-electron chi connectivity index (χ2n) is 7.73. The number of carbonyl (C=O) groups excluding carboxylic acids is 2. The first kappa shape index (κ1) is 22.8. The number of aromatic nitrogens is 3. The smallest absolute Gasteiger partial charge is 0.252 e. The molecule has 4 rings (SSSR count). The van der Waals surface area contributed by atoms with Crippen molar-refractivity contribution in [3.63, 3.8) is 0 Å². The predicted octanol–water partition coefficient (Wildman–Crippen LogP) is 3.76. The van der Waals surface area contributed by atoms with Crippen LogP contribution in [0.2, 0.25) is 5.02 Å². The lowest BCUT2D eigenvalue weighted by Gasteiger charge is -2.38. The van der Waals surface area contributed by atoms with E-state index in [-0.39, 0.29) is 22.8 Å². The number of alkyl halides is 2. The molecular weight excluding hydrogens is 459 g/mol. The minimum absolute atomic E-state index is 0.0964. The zero-order chi connectivity index (χ0) is 23.6. The fourth-order valence-corrected chi connectivity index (χ4v) is 3.97. The summed E-state index contributed by atoms with van der Waals surface area (Å²) in [6.45, 7) is -0.299. The quantitative estimate of drug-likeness (QED) is 0.562. The molecule has 33 heavy (non-hydrogen) atoms. The van der Waals surface area contributed by atoms with Crippen molar-refractivity contribution in [2.24, 2.45) is 0 Å². The second-order valence-corrected chi connectivity index (χ2v) is 8.14. The molecule has 0 radical (unpaired) electrons. The molecule has 1 N–H and O–H groups in total. The van der Waals surface area contributed by atoms with E-state index in [1.807, 2.05) is 0 Å². The molecule has 1 aliphatic rings. The van der Waals surface area contributed by atoms with Crippen LogP contribution in [0.3, 0.4) is 0 Å². The van der Waals surface area contributed by atoms with Crippen molar-refractivity contribution in [1.29, 1.82) is 0 Å². The molecule has 1 aromatic heterocycles. The number of carbonyl (C=O) groups is 2. The van der Waals surface area contributed by atoms with E-state index >= 15 is 0 Å². The molecule has 0 bridgehead atoms. The van der Waals surface area contributed by atoms with Gasteiger partial charge in [0.2, 0.25) is 11.8 Å². The van der Waals surface area contributed by atoms with Gasteiger partial charge in [-0.3, -0.25) is 14.5 Å². The number of rotatable bonds is 7. The maximum Gasteiger partial charge on any atom is 0.252 e. The molecule has 1 saturated carbocycles. The lowest BCUT2D eigenvalue weighted by Crippen LogP contribution is -2.54. The van der Waals surface area contributed by atoms with Crippen molar-refractivity contribution >= 4 is 29.1 Å². The van der Waals surface area contributed by atoms with Gasteiger partial charge >= 0.3 is 0 Å². The van der Waals surface area contributed by atoms with Gasteiger partial charge in [-0.15, -0.1) is 0 Å². The van der Waals surface area contributed by atoms with E-state index in [2.05, 4.69) is 15.4 Å². The number of amides is 2. The number of hydrogen-bond donors (Lipinski definition) is 1. The Hall–Kier alpha value is -3.40. The molecule has 1 heterocycles. The maximum atomic E-state index is 14.1. The van der Waals surface area contributed by atoms with Gasteiger partial charge < -0.3 is 5.32 Å². The number of nitrogens with zero attached hydrogens (tertiary/aromatic N) is 4. The normalized spacial score (nSPS) is 16.0. The highest BCUT2D eigenvalue weighted by Gasteiger charge is 2.47. The summed E-state index contributed by atoms with van der Waals surface area (Å²) >= 11 is 6.36. The highest BCUT2D eigenvalue weighted by atomic mass is 35.5. The minimum atomic E-state index is -2.84. The molecule has 1 aliphatic carbocycles. The molecule has 172 valence electrons. The van der Waals surface area contributed by atoms with E-state index in [0.29, 0.717) is 0 Å². The summed E-state index contributed by atoms with van der Waals surface area (Å²) in [4.78, 5) is 31.7. The zero-order valence-electron chi connectivity index (χ0n) is 17.2. The average molecular weight is 478 g/mol. The zero-order valence-corrected chi connectivity index (χ0v) is 17.9. The van der Waals surface area contributed by atoms with Crippen LogP contribution in [0.5, 0.6) is 0 Å². The molecule has 0 spiro atoms. The Labute approximate surface area is 192 Å². The maximum absolute atomic E-state index is 14.1. The third-order valence-electron chi connectivity index (χ3n) is 5.26. The molecule has 1 unspecified atom stereocenters. The summed E-state index contributed by atoms with van der Waals surface area (Å²) in [5.74, 6) is -4.78. The SMILES string of the molecule is O=C(NC1CC(F)(F)C1)C(c1ccccc1Cl)N(C(=O)Cn1cncn1)c1cccc(F)c1. The summed E-state index contributed by atoms with van der Waals surface area (Å²) in [5.41, 5.74) is 0.359. The number of anilines is 1. The van der Waals surface area contributed by atoms with Crippen LogP contribution >= 0.6 is 11.6 Å². The van der Waals surface area contributed by atoms with Gasteiger partial charge in [-0.2, -0.15) is 5.10 Å². The van der Waals surface area contributed by atoms with Gasteiger partial charge in [0.05, 0.1) is 0 Å². The molecular formula is C22H19ClF3N5O2. The van der Waals surface area contributed by atoms with E-state index < -0.39 is 48.5 Å².